The Balaban J connectivity index is 1.28. The summed E-state index contributed by atoms with van der Waals surface area (Å²) < 4.78 is 2.07. The van der Waals surface area contributed by atoms with Crippen molar-refractivity contribution in [3.05, 3.63) is 49.1 Å². The van der Waals surface area contributed by atoms with Gasteiger partial charge in [-0.05, 0) is 73.6 Å². The molecule has 2 aliphatic rings. The molecule has 77 heavy (non-hydrogen) atoms. The first-order chi connectivity index (χ1) is 37.7. The first kappa shape index (κ1) is 57.1. The van der Waals surface area contributed by atoms with Gasteiger partial charge in [-0.2, -0.15) is 0 Å². The van der Waals surface area contributed by atoms with Crippen LogP contribution in [-0.2, 0) is 7.05 Å². The fourth-order valence-electron chi connectivity index (χ4n) is 10.3. The highest BCUT2D eigenvalue weighted by atomic mass is 32.2. The van der Waals surface area contributed by atoms with E-state index in [-0.39, 0.29) is 0 Å². The zero-order chi connectivity index (χ0) is 53.8. The molecular formula is C61H81N12S4+. The largest absolute Gasteiger partial charge is 0.309 e. The third-order valence-electron chi connectivity index (χ3n) is 15.6. The molecule has 4 atom stereocenters. The van der Waals surface area contributed by atoms with Crippen LogP contribution < -0.4 is 4.57 Å². The van der Waals surface area contributed by atoms with Crippen molar-refractivity contribution >= 4 is 91.4 Å². The molecule has 9 rings (SSSR count). The third kappa shape index (κ3) is 13.5. The number of fused-ring (bicyclic) bond motifs is 20. The van der Waals surface area contributed by atoms with Crippen LogP contribution in [0.15, 0.2) is 68.6 Å². The smallest absolute Gasteiger partial charge is 0.291 e. The molecule has 0 amide bonds. The average Bonchev–Trinajstić information content (AvgIpc) is 4.22. The van der Waals surface area contributed by atoms with E-state index < -0.39 is 0 Å². The Morgan fingerprint density at radius 2 is 0.805 bits per heavy atom. The Morgan fingerprint density at radius 1 is 0.416 bits per heavy atom. The Morgan fingerprint density at radius 3 is 1.27 bits per heavy atom. The molecule has 0 fully saturated rings. The van der Waals surface area contributed by atoms with Crippen molar-refractivity contribution in [3.8, 4) is 45.8 Å². The Labute approximate surface area is 474 Å². The predicted octanol–water partition coefficient (Wildman–Crippen LogP) is 17.1. The van der Waals surface area contributed by atoms with Gasteiger partial charge in [-0.15, -0.1) is 47.0 Å². The lowest BCUT2D eigenvalue weighted by atomic mass is 10.0. The number of unbranched alkanes of at least 4 members (excludes halogenated alkanes) is 4. The van der Waals surface area contributed by atoms with Crippen LogP contribution in [0, 0.1) is 23.7 Å². The van der Waals surface area contributed by atoms with E-state index in [4.69, 9.17) is 44.9 Å². The second-order valence-corrected chi connectivity index (χ2v) is 25.6. The van der Waals surface area contributed by atoms with Crippen molar-refractivity contribution in [3.63, 3.8) is 0 Å². The number of H-pyrrole nitrogens is 2. The molecule has 2 N–H and O–H groups in total. The van der Waals surface area contributed by atoms with Crippen molar-refractivity contribution in [1.82, 2.24) is 54.8 Å². The molecule has 7 aromatic heterocycles. The van der Waals surface area contributed by atoms with Crippen LogP contribution in [0.4, 0.5) is 0 Å². The summed E-state index contributed by atoms with van der Waals surface area (Å²) in [5.74, 6) is 9.15. The molecule has 0 aliphatic carbocycles. The fourth-order valence-corrected chi connectivity index (χ4v) is 14.9. The highest BCUT2D eigenvalue weighted by Gasteiger charge is 2.32. The number of hydrogen-bond donors (Lipinski definition) is 2. The first-order valence-electron chi connectivity index (χ1n) is 29.0. The van der Waals surface area contributed by atoms with E-state index in [2.05, 4.69) is 94.2 Å². The number of nitrogens with one attached hydrogen (secondary N) is 2. The predicted molar refractivity (Wildman–Crippen MR) is 327 cm³/mol. The Kier molecular flexibility index (Phi) is 20.4. The highest BCUT2D eigenvalue weighted by molar-refractivity contribution is 8.00. The molecule has 0 aromatic carbocycles. The van der Waals surface area contributed by atoms with Crippen LogP contribution in [0.3, 0.4) is 0 Å². The fraction of sp³-hybridized carbons (Fsp3) is 0.541. The van der Waals surface area contributed by atoms with Gasteiger partial charge in [0.1, 0.15) is 22.4 Å². The molecule has 0 spiro atoms. The normalized spacial score (nSPS) is 13.8. The van der Waals surface area contributed by atoms with E-state index in [0.717, 1.165) is 113 Å². The lowest BCUT2D eigenvalue weighted by molar-refractivity contribution is -0.650. The summed E-state index contributed by atoms with van der Waals surface area (Å²) >= 11 is 7.50. The van der Waals surface area contributed by atoms with Crippen LogP contribution in [0.25, 0.3) is 90.2 Å². The third-order valence-corrected chi connectivity index (χ3v) is 20.4. The van der Waals surface area contributed by atoms with Gasteiger partial charge >= 0.3 is 0 Å². The van der Waals surface area contributed by atoms with E-state index in [1.807, 2.05) is 78.9 Å². The lowest BCUT2D eigenvalue weighted by Crippen LogP contribution is -2.30. The Hall–Kier alpha value is -4.64. The van der Waals surface area contributed by atoms with Gasteiger partial charge in [0.05, 0.1) is 23.6 Å². The van der Waals surface area contributed by atoms with E-state index in [0.29, 0.717) is 69.4 Å². The maximum atomic E-state index is 5.54. The first-order valence-corrected chi connectivity index (χ1v) is 33.0. The van der Waals surface area contributed by atoms with Gasteiger partial charge in [-0.3, -0.25) is 9.97 Å². The summed E-state index contributed by atoms with van der Waals surface area (Å²) in [5, 5.41) is 1.76. The molecule has 12 nitrogen and oxygen atoms in total. The van der Waals surface area contributed by atoms with Crippen molar-refractivity contribution in [2.45, 2.75) is 178 Å². The van der Waals surface area contributed by atoms with E-state index in [9.17, 15) is 0 Å². The number of thioether (sulfide) groups is 4. The number of aromatic amines is 2. The minimum absolute atomic E-state index is 0.484. The van der Waals surface area contributed by atoms with Gasteiger partial charge in [-0.1, -0.05) is 142 Å². The molecular weight excluding hydrogens is 1030 g/mol. The number of nitrogens with zero attached hydrogens (tertiary/aromatic N) is 10. The minimum atomic E-state index is 0.484. The number of aromatic nitrogens is 12. The summed E-state index contributed by atoms with van der Waals surface area (Å²) in [6.07, 6.45) is 27.4. The van der Waals surface area contributed by atoms with Gasteiger partial charge in [0.15, 0.2) is 23.0 Å². The van der Waals surface area contributed by atoms with Crippen LogP contribution in [0.5, 0.6) is 0 Å². The van der Waals surface area contributed by atoms with Crippen LogP contribution in [-0.4, -0.2) is 77.8 Å². The molecule has 0 saturated heterocycles. The summed E-state index contributed by atoms with van der Waals surface area (Å²) in [6.45, 7) is 18.3. The SMILES string of the molecule is CCCCC(CC)CSc1cnc2c(c1)-c1nc-2nc2[nH]c(nc3[n+](C)c(nc4[nH]c(n1)c1ncc(SCC(CC)CCCC)cc41)-c1ncc(SCC(CC)CCCC)cc1-3)c1ncc(SCC(CC)CCCC)cc21. The Bertz CT molecular complexity index is 3300. The van der Waals surface area contributed by atoms with E-state index >= 15 is 0 Å². The topological polar surface area (TPSA) is 151 Å². The second kappa shape index (κ2) is 27.5. The maximum Gasteiger partial charge on any atom is 0.291 e. The van der Waals surface area contributed by atoms with E-state index in [1.54, 1.807) is 0 Å². The molecule has 0 saturated carbocycles. The molecule has 0 radical (unpaired) electrons. The zero-order valence-corrected chi connectivity index (χ0v) is 50.4. The molecule has 2 aliphatic heterocycles. The maximum absolute atomic E-state index is 5.54. The average molecular weight is 1110 g/mol. The quantitative estimate of drug-likeness (QED) is 0.0354. The summed E-state index contributed by atoms with van der Waals surface area (Å²) in [6, 6.07) is 8.92. The molecule has 408 valence electrons. The summed E-state index contributed by atoms with van der Waals surface area (Å²) in [4.78, 5) is 59.7. The summed E-state index contributed by atoms with van der Waals surface area (Å²) in [5.41, 5.74) is 7.15. The summed E-state index contributed by atoms with van der Waals surface area (Å²) in [7, 11) is 2.04. The highest BCUT2D eigenvalue weighted by Crippen LogP contribution is 2.40. The molecule has 9 heterocycles. The van der Waals surface area contributed by atoms with Crippen LogP contribution >= 0.6 is 47.0 Å². The van der Waals surface area contributed by atoms with Gasteiger partial charge in [-0.25, -0.2) is 29.5 Å². The lowest BCUT2D eigenvalue weighted by Gasteiger charge is -2.13. The molecule has 4 unspecified atom stereocenters. The van der Waals surface area contributed by atoms with Gasteiger partial charge in [0, 0.05) is 72.8 Å². The molecule has 8 bridgehead atoms. The standard InChI is InChI=1S/C61H80N12S4/c1-10-18-22-38(14-5)34-74-42-26-46-50(62-30-42)57-66-54(46)67-58-51-48(28-44(31-63-51)76-36-40(16-7)24-20-12-3)56(70-58)71-61-53-49(29-45(33-65-53)77-37-41(17-8)25-21-13-4)60(73(61)9)72-59-52-47(55(68-57)69-59)27-43(32-64-52)75-35-39(15-6)23-19-11-2/h26-33,38-41H,10-25,34-37H2,1-9H3,(H,62,63,64,65,66,67,68,69,70,71,72)/p+1. The number of hydrogen-bond acceptors (Lipinski definition) is 13. The van der Waals surface area contributed by atoms with Gasteiger partial charge in [0.25, 0.3) is 11.6 Å². The van der Waals surface area contributed by atoms with Crippen molar-refractivity contribution in [2.75, 3.05) is 23.0 Å². The van der Waals surface area contributed by atoms with Crippen LogP contribution in [0.2, 0.25) is 0 Å². The molecule has 7 aromatic rings. The zero-order valence-electron chi connectivity index (χ0n) is 47.2. The number of pyridine rings is 4. The minimum Gasteiger partial charge on any atom is -0.309 e. The van der Waals surface area contributed by atoms with Crippen molar-refractivity contribution in [1.29, 1.82) is 0 Å². The van der Waals surface area contributed by atoms with Crippen LogP contribution in [0.1, 0.15) is 158 Å². The molecule has 16 heteroatoms. The van der Waals surface area contributed by atoms with Gasteiger partial charge < -0.3 is 9.97 Å². The van der Waals surface area contributed by atoms with Crippen molar-refractivity contribution in [2.24, 2.45) is 30.7 Å². The monoisotopic (exact) mass is 1110 g/mol. The van der Waals surface area contributed by atoms with Crippen molar-refractivity contribution < 1.29 is 4.57 Å². The van der Waals surface area contributed by atoms with E-state index in [1.165, 1.54) is 77.0 Å². The number of rotatable bonds is 28. The second-order valence-electron chi connectivity index (χ2n) is 21.2. The van der Waals surface area contributed by atoms with Gasteiger partial charge in [0.2, 0.25) is 11.3 Å².